The largest absolute Gasteiger partial charge is 0.312 e. The van der Waals surface area contributed by atoms with Crippen LogP contribution in [-0.2, 0) is 6.54 Å². The summed E-state index contributed by atoms with van der Waals surface area (Å²) in [6, 6.07) is 0.649. The number of hydrogen-bond donors (Lipinski definition) is 1. The molecule has 2 nitrogen and oxygen atoms in total. The van der Waals surface area contributed by atoms with Gasteiger partial charge >= 0.3 is 0 Å². The van der Waals surface area contributed by atoms with Crippen LogP contribution in [0.15, 0.2) is 10.8 Å². The van der Waals surface area contributed by atoms with Gasteiger partial charge in [0.1, 0.15) is 0 Å². The van der Waals surface area contributed by atoms with E-state index >= 15 is 0 Å². The van der Waals surface area contributed by atoms with E-state index in [1.165, 1.54) is 37.2 Å². The zero-order chi connectivity index (χ0) is 12.3. The molecule has 1 fully saturated rings. The highest BCUT2D eigenvalue weighted by atomic mass is 32.1. The molecule has 17 heavy (non-hydrogen) atoms. The molecule has 2 heterocycles. The van der Waals surface area contributed by atoms with Crippen molar-refractivity contribution >= 4 is 11.3 Å². The van der Waals surface area contributed by atoms with E-state index in [9.17, 15) is 0 Å². The molecule has 1 unspecified atom stereocenters. The first kappa shape index (κ1) is 13.1. The van der Waals surface area contributed by atoms with Crippen molar-refractivity contribution in [3.8, 4) is 0 Å². The van der Waals surface area contributed by atoms with Crippen molar-refractivity contribution in [1.29, 1.82) is 0 Å². The maximum absolute atomic E-state index is 3.67. The van der Waals surface area contributed by atoms with Gasteiger partial charge in [0.05, 0.1) is 0 Å². The second-order valence-corrected chi connectivity index (χ2v) is 6.22. The smallest absolute Gasteiger partial charge is 0.0245 e. The van der Waals surface area contributed by atoms with Gasteiger partial charge < -0.3 is 5.32 Å². The lowest BCUT2D eigenvalue weighted by Gasteiger charge is -2.26. The maximum atomic E-state index is 3.67. The molecular weight excluding hydrogens is 228 g/mol. The minimum absolute atomic E-state index is 0.649. The second kappa shape index (κ2) is 5.98. The fourth-order valence-corrected chi connectivity index (χ4v) is 3.25. The highest BCUT2D eigenvalue weighted by molar-refractivity contribution is 7.08. The van der Waals surface area contributed by atoms with E-state index in [1.54, 1.807) is 0 Å². The number of hydrogen-bond acceptors (Lipinski definition) is 3. The molecule has 1 atom stereocenters. The Bertz CT molecular complexity index is 346. The van der Waals surface area contributed by atoms with E-state index in [4.69, 9.17) is 0 Å². The average Bonchev–Trinajstić information content (AvgIpc) is 2.55. The van der Waals surface area contributed by atoms with Gasteiger partial charge in [0, 0.05) is 19.1 Å². The van der Waals surface area contributed by atoms with Crippen LogP contribution in [0.5, 0.6) is 0 Å². The molecule has 1 N–H and O–H groups in total. The van der Waals surface area contributed by atoms with Crippen molar-refractivity contribution in [2.75, 3.05) is 19.6 Å². The zero-order valence-corrected chi connectivity index (χ0v) is 12.0. The highest BCUT2D eigenvalue weighted by Crippen LogP contribution is 2.18. The minimum Gasteiger partial charge on any atom is -0.312 e. The van der Waals surface area contributed by atoms with Gasteiger partial charge in [0.25, 0.3) is 0 Å². The van der Waals surface area contributed by atoms with Crippen LogP contribution >= 0.6 is 11.3 Å². The lowest BCUT2D eigenvalue weighted by molar-refractivity contribution is 0.238. The quantitative estimate of drug-likeness (QED) is 0.890. The van der Waals surface area contributed by atoms with Gasteiger partial charge in [0.2, 0.25) is 0 Å². The van der Waals surface area contributed by atoms with Crippen molar-refractivity contribution < 1.29 is 0 Å². The van der Waals surface area contributed by atoms with Crippen LogP contribution < -0.4 is 5.32 Å². The van der Waals surface area contributed by atoms with Gasteiger partial charge in [-0.05, 0) is 54.2 Å². The molecule has 0 aliphatic carbocycles. The molecule has 2 rings (SSSR count). The highest BCUT2D eigenvalue weighted by Gasteiger charge is 2.20. The maximum Gasteiger partial charge on any atom is 0.0245 e. The molecular formula is C14H24N2S. The summed E-state index contributed by atoms with van der Waals surface area (Å²) in [5, 5.41) is 8.23. The third-order valence-electron chi connectivity index (χ3n) is 3.67. The summed E-state index contributed by atoms with van der Waals surface area (Å²) in [4.78, 5) is 2.61. The van der Waals surface area contributed by atoms with Crippen molar-refractivity contribution in [3.05, 3.63) is 21.9 Å². The van der Waals surface area contributed by atoms with E-state index in [1.807, 2.05) is 11.3 Å². The monoisotopic (exact) mass is 252 g/mol. The summed E-state index contributed by atoms with van der Waals surface area (Å²) in [6.45, 7) is 11.6. The molecule has 96 valence electrons. The normalized spacial score (nSPS) is 22.9. The van der Waals surface area contributed by atoms with E-state index in [-0.39, 0.29) is 0 Å². The zero-order valence-electron chi connectivity index (χ0n) is 11.2. The lowest BCUT2D eigenvalue weighted by atomic mass is 10.0. The first-order valence-corrected chi connectivity index (χ1v) is 7.58. The topological polar surface area (TPSA) is 15.3 Å². The van der Waals surface area contributed by atoms with Crippen molar-refractivity contribution in [1.82, 2.24) is 10.2 Å². The number of aryl methyl sites for hydroxylation is 1. The fourth-order valence-electron chi connectivity index (χ4n) is 2.40. The van der Waals surface area contributed by atoms with Crippen molar-refractivity contribution in [2.45, 2.75) is 39.8 Å². The van der Waals surface area contributed by atoms with Crippen molar-refractivity contribution in [3.63, 3.8) is 0 Å². The number of thiophene rings is 1. The van der Waals surface area contributed by atoms with E-state index in [2.05, 4.69) is 41.7 Å². The van der Waals surface area contributed by atoms with Crippen LogP contribution in [0.2, 0.25) is 0 Å². The molecule has 3 heteroatoms. The first-order valence-electron chi connectivity index (χ1n) is 6.64. The SMILES string of the molecule is Cc1cscc1CN1CCCNC(C(C)C)C1. The molecule has 1 aromatic rings. The Labute approximate surface area is 109 Å². The van der Waals surface area contributed by atoms with Crippen LogP contribution in [0.3, 0.4) is 0 Å². The van der Waals surface area contributed by atoms with E-state index < -0.39 is 0 Å². The molecule has 1 aromatic heterocycles. The van der Waals surface area contributed by atoms with Gasteiger partial charge in [-0.3, -0.25) is 4.90 Å². The standard InChI is InChI=1S/C14H24N2S/c1-11(2)14-8-16(6-4-5-15-14)7-13-10-17-9-12(13)3/h9-11,14-15H,4-8H2,1-3H3. The Morgan fingerprint density at radius 2 is 2.29 bits per heavy atom. The summed E-state index contributed by atoms with van der Waals surface area (Å²) in [5.74, 6) is 0.721. The Morgan fingerprint density at radius 3 is 2.94 bits per heavy atom. The first-order chi connectivity index (χ1) is 8.16. The third kappa shape index (κ3) is 3.54. The summed E-state index contributed by atoms with van der Waals surface area (Å²) in [6.07, 6.45) is 1.27. The Kier molecular flexibility index (Phi) is 4.60. The van der Waals surface area contributed by atoms with Crippen molar-refractivity contribution in [2.24, 2.45) is 5.92 Å². The summed E-state index contributed by atoms with van der Waals surface area (Å²) >= 11 is 1.82. The van der Waals surface area contributed by atoms with Crippen LogP contribution in [-0.4, -0.2) is 30.6 Å². The van der Waals surface area contributed by atoms with Crippen LogP contribution in [0, 0.1) is 12.8 Å². The van der Waals surface area contributed by atoms with E-state index in [0.29, 0.717) is 6.04 Å². The Hall–Kier alpha value is -0.380. The summed E-state index contributed by atoms with van der Waals surface area (Å²) < 4.78 is 0. The Balaban J connectivity index is 1.97. The van der Waals surface area contributed by atoms with Crippen LogP contribution in [0.1, 0.15) is 31.4 Å². The van der Waals surface area contributed by atoms with Gasteiger partial charge in [-0.1, -0.05) is 13.8 Å². The molecule has 0 radical (unpaired) electrons. The molecule has 0 amide bonds. The molecule has 0 spiro atoms. The van der Waals surface area contributed by atoms with Crippen LogP contribution in [0.25, 0.3) is 0 Å². The molecule has 1 saturated heterocycles. The predicted molar refractivity (Wildman–Crippen MR) is 75.6 cm³/mol. The van der Waals surface area contributed by atoms with E-state index in [0.717, 1.165) is 12.5 Å². The number of rotatable bonds is 3. The molecule has 0 saturated carbocycles. The predicted octanol–water partition coefficient (Wildman–Crippen LogP) is 2.88. The molecule has 1 aliphatic rings. The Morgan fingerprint density at radius 1 is 1.47 bits per heavy atom. The average molecular weight is 252 g/mol. The van der Waals surface area contributed by atoms with Gasteiger partial charge in [0.15, 0.2) is 0 Å². The molecule has 0 bridgehead atoms. The second-order valence-electron chi connectivity index (χ2n) is 5.47. The van der Waals surface area contributed by atoms with Gasteiger partial charge in [-0.15, -0.1) is 0 Å². The van der Waals surface area contributed by atoms with Gasteiger partial charge in [-0.2, -0.15) is 11.3 Å². The molecule has 0 aromatic carbocycles. The summed E-state index contributed by atoms with van der Waals surface area (Å²) in [7, 11) is 0. The summed E-state index contributed by atoms with van der Waals surface area (Å²) in [5.41, 5.74) is 2.97. The third-order valence-corrected chi connectivity index (χ3v) is 4.58. The lowest BCUT2D eigenvalue weighted by Crippen LogP contribution is -2.41. The minimum atomic E-state index is 0.649. The number of nitrogens with zero attached hydrogens (tertiary/aromatic N) is 1. The number of nitrogens with one attached hydrogen (secondary N) is 1. The van der Waals surface area contributed by atoms with Gasteiger partial charge in [-0.25, -0.2) is 0 Å². The molecule has 1 aliphatic heterocycles. The fraction of sp³-hybridized carbons (Fsp3) is 0.714. The van der Waals surface area contributed by atoms with Crippen LogP contribution in [0.4, 0.5) is 0 Å².